The normalized spacial score (nSPS) is 12.6. The molecule has 0 saturated heterocycles. The number of aryl methyl sites for hydroxylation is 1. The van der Waals surface area contributed by atoms with E-state index in [-0.39, 0.29) is 19.0 Å². The van der Waals surface area contributed by atoms with Gasteiger partial charge in [-0.25, -0.2) is 4.98 Å². The van der Waals surface area contributed by atoms with Crippen LogP contribution in [-0.4, -0.2) is 40.9 Å². The Bertz CT molecular complexity index is 1380. The fourth-order valence-corrected chi connectivity index (χ4v) is 4.91. The molecule has 206 valence electrons. The van der Waals surface area contributed by atoms with Gasteiger partial charge in [0.1, 0.15) is 30.4 Å². The van der Waals surface area contributed by atoms with Crippen LogP contribution < -0.4 is 9.46 Å². The Morgan fingerprint density at radius 3 is 2.37 bits per heavy atom. The van der Waals surface area contributed by atoms with Gasteiger partial charge in [-0.1, -0.05) is 12.1 Å². The Labute approximate surface area is 218 Å². The predicted molar refractivity (Wildman–Crippen MR) is 132 cm³/mol. The number of halogens is 3. The van der Waals surface area contributed by atoms with Gasteiger partial charge in [-0.3, -0.25) is 4.79 Å². The second-order valence-corrected chi connectivity index (χ2v) is 11.2. The van der Waals surface area contributed by atoms with Crippen LogP contribution in [0.4, 0.5) is 13.2 Å². The van der Waals surface area contributed by atoms with Crippen molar-refractivity contribution in [2.75, 3.05) is 6.54 Å². The summed E-state index contributed by atoms with van der Waals surface area (Å²) in [6.45, 7) is 5.61. The number of carbonyl (C=O) groups is 1. The van der Waals surface area contributed by atoms with E-state index in [1.807, 2.05) is 0 Å². The third-order valence-corrected chi connectivity index (χ3v) is 6.88. The zero-order valence-corrected chi connectivity index (χ0v) is 22.0. The molecule has 3 aromatic rings. The summed E-state index contributed by atoms with van der Waals surface area (Å²) in [4.78, 5) is 15.6. The molecule has 0 aliphatic heterocycles. The van der Waals surface area contributed by atoms with Crippen molar-refractivity contribution in [3.63, 3.8) is 0 Å². The summed E-state index contributed by atoms with van der Waals surface area (Å²) >= 11 is 0. The number of nitrogens with zero attached hydrogens (tertiary/aromatic N) is 2. The average molecular weight is 556 g/mol. The number of oxazole rings is 1. The number of aromatic nitrogens is 1. The molecule has 2 N–H and O–H groups in total. The molecule has 0 aliphatic rings. The van der Waals surface area contributed by atoms with Crippen molar-refractivity contribution >= 4 is 16.2 Å². The van der Waals surface area contributed by atoms with E-state index in [2.05, 4.69) is 9.71 Å². The zero-order valence-electron chi connectivity index (χ0n) is 21.2. The van der Waals surface area contributed by atoms with Crippen molar-refractivity contribution in [2.45, 2.75) is 52.6 Å². The van der Waals surface area contributed by atoms with Gasteiger partial charge in [0.05, 0.1) is 5.56 Å². The highest BCUT2D eigenvalue weighted by Crippen LogP contribution is 2.31. The first-order valence-corrected chi connectivity index (χ1v) is 12.8. The molecule has 0 spiro atoms. The van der Waals surface area contributed by atoms with Crippen LogP contribution in [0.1, 0.15) is 43.4 Å². The molecule has 0 saturated carbocycles. The SMILES string of the molecule is Cc1oc(-c2ccc(C(F)(F)F)cc2)nc1COc1cccc(CN(CC(=O)O)S(=O)(=O)NC(C)(C)C)c1. The molecule has 38 heavy (non-hydrogen) atoms. The highest BCUT2D eigenvalue weighted by molar-refractivity contribution is 7.87. The molecule has 0 atom stereocenters. The minimum absolute atomic E-state index is 0.0257. The van der Waals surface area contributed by atoms with Crippen LogP contribution in [0.25, 0.3) is 11.5 Å². The van der Waals surface area contributed by atoms with Crippen LogP contribution in [0.15, 0.2) is 52.9 Å². The van der Waals surface area contributed by atoms with Crippen LogP contribution in [0.2, 0.25) is 0 Å². The van der Waals surface area contributed by atoms with Gasteiger partial charge in [-0.2, -0.15) is 30.6 Å². The van der Waals surface area contributed by atoms with Crippen molar-refractivity contribution in [1.29, 1.82) is 0 Å². The van der Waals surface area contributed by atoms with Gasteiger partial charge < -0.3 is 14.3 Å². The van der Waals surface area contributed by atoms with Gasteiger partial charge in [0.15, 0.2) is 0 Å². The van der Waals surface area contributed by atoms with Gasteiger partial charge in [0.25, 0.3) is 10.2 Å². The summed E-state index contributed by atoms with van der Waals surface area (Å²) in [5.41, 5.74) is -0.301. The van der Waals surface area contributed by atoms with Crippen molar-refractivity contribution in [3.8, 4) is 17.2 Å². The molecule has 2 aromatic carbocycles. The van der Waals surface area contributed by atoms with E-state index in [4.69, 9.17) is 9.15 Å². The first kappa shape index (κ1) is 29.1. The van der Waals surface area contributed by atoms with Crippen LogP contribution in [0.5, 0.6) is 5.75 Å². The maximum atomic E-state index is 12.8. The number of hydrogen-bond acceptors (Lipinski definition) is 6. The van der Waals surface area contributed by atoms with Crippen LogP contribution >= 0.6 is 0 Å². The van der Waals surface area contributed by atoms with E-state index >= 15 is 0 Å². The third kappa shape index (κ3) is 8.04. The number of benzene rings is 2. The lowest BCUT2D eigenvalue weighted by Gasteiger charge is -2.27. The first-order valence-electron chi connectivity index (χ1n) is 11.4. The fourth-order valence-electron chi connectivity index (χ4n) is 3.40. The second kappa shape index (κ2) is 11.1. The smallest absolute Gasteiger partial charge is 0.416 e. The molecule has 0 amide bonds. The Morgan fingerprint density at radius 2 is 1.79 bits per heavy atom. The standard InChI is InChI=1S/C25H28F3N3O6S/c1-16-21(29-23(37-16)18-8-10-19(11-9-18)25(26,27)28)15-36-20-7-5-6-17(12-20)13-31(14-22(32)33)38(34,35)30-24(2,3)4/h5-12,30H,13-15H2,1-4H3,(H,32,33). The van der Waals surface area contributed by atoms with Gasteiger partial charge in [-0.05, 0) is 69.7 Å². The third-order valence-electron chi connectivity index (χ3n) is 5.07. The van der Waals surface area contributed by atoms with E-state index in [9.17, 15) is 31.5 Å². The molecular formula is C25H28F3N3O6S. The van der Waals surface area contributed by atoms with Gasteiger partial charge in [-0.15, -0.1) is 0 Å². The summed E-state index contributed by atoms with van der Waals surface area (Å²) in [6, 6.07) is 10.9. The lowest BCUT2D eigenvalue weighted by molar-refractivity contribution is -0.138. The number of carboxylic acids is 1. The number of alkyl halides is 3. The maximum absolute atomic E-state index is 12.8. The minimum atomic E-state index is -4.45. The molecule has 0 radical (unpaired) electrons. The molecular weight excluding hydrogens is 527 g/mol. The molecule has 0 fully saturated rings. The summed E-state index contributed by atoms with van der Waals surface area (Å²) in [5.74, 6) is -0.369. The summed E-state index contributed by atoms with van der Waals surface area (Å²) in [5, 5.41) is 9.22. The van der Waals surface area contributed by atoms with E-state index in [1.54, 1.807) is 52.0 Å². The van der Waals surface area contributed by atoms with Crippen LogP contribution in [-0.2, 0) is 34.3 Å². The molecule has 3 rings (SSSR count). The summed E-state index contributed by atoms with van der Waals surface area (Å²) in [6.07, 6.45) is -4.45. The molecule has 9 nitrogen and oxygen atoms in total. The zero-order chi connectivity index (χ0) is 28.3. The lowest BCUT2D eigenvalue weighted by Crippen LogP contribution is -2.49. The number of nitrogens with one attached hydrogen (secondary N) is 1. The van der Waals surface area contributed by atoms with E-state index < -0.39 is 40.0 Å². The molecule has 13 heteroatoms. The molecule has 1 heterocycles. The summed E-state index contributed by atoms with van der Waals surface area (Å²) in [7, 11) is -4.10. The topological polar surface area (TPSA) is 122 Å². The average Bonchev–Trinajstić information content (AvgIpc) is 3.16. The number of hydrogen-bond donors (Lipinski definition) is 2. The van der Waals surface area contributed by atoms with Crippen LogP contribution in [0, 0.1) is 6.92 Å². The maximum Gasteiger partial charge on any atom is 0.416 e. The number of rotatable bonds is 10. The molecule has 0 unspecified atom stereocenters. The number of aliphatic carboxylic acids is 1. The van der Waals surface area contributed by atoms with Gasteiger partial charge in [0, 0.05) is 17.6 Å². The van der Waals surface area contributed by atoms with Gasteiger partial charge >= 0.3 is 12.1 Å². The van der Waals surface area contributed by atoms with E-state index in [0.29, 0.717) is 28.3 Å². The summed E-state index contributed by atoms with van der Waals surface area (Å²) < 4.78 is 78.6. The Morgan fingerprint density at radius 1 is 1.13 bits per heavy atom. The van der Waals surface area contributed by atoms with Crippen molar-refractivity contribution in [1.82, 2.24) is 14.0 Å². The second-order valence-electron chi connectivity index (χ2n) is 9.55. The largest absolute Gasteiger partial charge is 0.487 e. The van der Waals surface area contributed by atoms with Crippen molar-refractivity contribution in [2.24, 2.45) is 0 Å². The number of ether oxygens (including phenoxy) is 1. The van der Waals surface area contributed by atoms with E-state index in [0.717, 1.165) is 16.4 Å². The highest BCUT2D eigenvalue weighted by atomic mass is 32.2. The van der Waals surface area contributed by atoms with Gasteiger partial charge in [0.2, 0.25) is 5.89 Å². The lowest BCUT2D eigenvalue weighted by atomic mass is 10.1. The Hall–Kier alpha value is -3.42. The molecule has 0 bridgehead atoms. The first-order chi connectivity index (χ1) is 17.5. The minimum Gasteiger partial charge on any atom is -0.487 e. The predicted octanol–water partition coefficient (Wildman–Crippen LogP) is 4.77. The number of carboxylic acid groups (broad SMARTS) is 1. The monoisotopic (exact) mass is 555 g/mol. The Kier molecular flexibility index (Phi) is 8.54. The van der Waals surface area contributed by atoms with Crippen LogP contribution in [0.3, 0.4) is 0 Å². The van der Waals surface area contributed by atoms with Crippen molar-refractivity contribution in [3.05, 3.63) is 71.1 Å². The van der Waals surface area contributed by atoms with Crippen molar-refractivity contribution < 1.29 is 40.6 Å². The van der Waals surface area contributed by atoms with E-state index in [1.165, 1.54) is 12.1 Å². The fraction of sp³-hybridized carbons (Fsp3) is 0.360. The Balaban J connectivity index is 1.72. The highest BCUT2D eigenvalue weighted by Gasteiger charge is 2.30. The quantitative estimate of drug-likeness (QED) is 0.370. The molecule has 0 aliphatic carbocycles. The molecule has 1 aromatic heterocycles.